The van der Waals surface area contributed by atoms with Crippen LogP contribution >= 0.6 is 0 Å². The maximum absolute atomic E-state index is 14.1. The van der Waals surface area contributed by atoms with Crippen molar-refractivity contribution in [3.63, 3.8) is 0 Å². The van der Waals surface area contributed by atoms with Crippen molar-refractivity contribution in [1.29, 1.82) is 0 Å². The molecule has 0 saturated carbocycles. The molecule has 1 amide bonds. The van der Waals surface area contributed by atoms with Gasteiger partial charge in [-0.05, 0) is 34.7 Å². The number of fused-ring (bicyclic) bond motifs is 1. The van der Waals surface area contributed by atoms with Crippen LogP contribution in [0.25, 0.3) is 10.8 Å². The summed E-state index contributed by atoms with van der Waals surface area (Å²) >= 11 is 0. The smallest absolute Gasteiger partial charge is 0.288 e. The summed E-state index contributed by atoms with van der Waals surface area (Å²) in [4.78, 5) is 11.6. The lowest BCUT2D eigenvalue weighted by molar-refractivity contribution is -0.191. The Kier molecular flexibility index (Phi) is 6.60. The van der Waals surface area contributed by atoms with Gasteiger partial charge in [-0.2, -0.15) is 13.2 Å². The molecule has 1 unspecified atom stereocenters. The minimum absolute atomic E-state index is 0.0613. The highest BCUT2D eigenvalue weighted by Gasteiger charge is 2.47. The number of alkyl halides is 3. The Bertz CT molecular complexity index is 819. The number of unbranched alkanes of at least 4 members (excludes halogenated alkanes) is 4. The zero-order chi connectivity index (χ0) is 20.1. The Morgan fingerprint density at radius 2 is 1.82 bits per heavy atom. The zero-order valence-electron chi connectivity index (χ0n) is 16.2. The van der Waals surface area contributed by atoms with Crippen molar-refractivity contribution in [2.45, 2.75) is 64.1 Å². The first kappa shape index (κ1) is 20.6. The second-order valence-electron chi connectivity index (χ2n) is 7.44. The van der Waals surface area contributed by atoms with Gasteiger partial charge >= 0.3 is 6.18 Å². The number of aryl methyl sites for hydroxylation is 1. The molecule has 1 aliphatic rings. The van der Waals surface area contributed by atoms with E-state index in [4.69, 9.17) is 0 Å². The SMILES string of the molecule is CCCCCCCc1c(C(N2CCC(=O)N2)C(F)(F)F)ccc2ccccc12. The first-order valence-electron chi connectivity index (χ1n) is 10.0. The van der Waals surface area contributed by atoms with Gasteiger partial charge in [0.25, 0.3) is 0 Å². The monoisotopic (exact) mass is 392 g/mol. The summed E-state index contributed by atoms with van der Waals surface area (Å²) in [5.41, 5.74) is 3.39. The fraction of sp³-hybridized carbons (Fsp3) is 0.500. The highest BCUT2D eigenvalue weighted by atomic mass is 19.4. The van der Waals surface area contributed by atoms with Crippen LogP contribution in [0.5, 0.6) is 0 Å². The van der Waals surface area contributed by atoms with Crippen molar-refractivity contribution < 1.29 is 18.0 Å². The normalized spacial score (nSPS) is 16.5. The molecule has 0 radical (unpaired) electrons. The third-order valence-electron chi connectivity index (χ3n) is 5.37. The molecule has 2 aromatic carbocycles. The number of carbonyl (C=O) groups is 1. The molecule has 2 aromatic rings. The van der Waals surface area contributed by atoms with E-state index in [0.29, 0.717) is 6.42 Å². The molecule has 1 aliphatic heterocycles. The lowest BCUT2D eigenvalue weighted by atomic mass is 9.90. The third-order valence-corrected chi connectivity index (χ3v) is 5.37. The van der Waals surface area contributed by atoms with Crippen LogP contribution in [0.1, 0.15) is 62.6 Å². The molecule has 0 bridgehead atoms. The molecule has 28 heavy (non-hydrogen) atoms. The molecule has 6 heteroatoms. The van der Waals surface area contributed by atoms with E-state index in [-0.39, 0.29) is 24.4 Å². The molecule has 0 aliphatic carbocycles. The zero-order valence-corrected chi connectivity index (χ0v) is 16.2. The first-order chi connectivity index (χ1) is 13.4. The molecular weight excluding hydrogens is 365 g/mol. The number of hydrogen-bond acceptors (Lipinski definition) is 2. The van der Waals surface area contributed by atoms with Crippen LogP contribution in [-0.2, 0) is 11.2 Å². The van der Waals surface area contributed by atoms with Crippen molar-refractivity contribution in [1.82, 2.24) is 10.4 Å². The van der Waals surface area contributed by atoms with E-state index in [2.05, 4.69) is 12.3 Å². The minimum Gasteiger partial charge on any atom is -0.288 e. The number of hydrogen-bond donors (Lipinski definition) is 1. The number of hydrazine groups is 1. The molecule has 0 spiro atoms. The van der Waals surface area contributed by atoms with Gasteiger partial charge in [-0.3, -0.25) is 10.2 Å². The number of nitrogens with zero attached hydrogens (tertiary/aromatic N) is 1. The first-order valence-corrected chi connectivity index (χ1v) is 10.0. The van der Waals surface area contributed by atoms with E-state index in [1.54, 1.807) is 12.1 Å². The number of amides is 1. The Morgan fingerprint density at radius 3 is 2.50 bits per heavy atom. The average molecular weight is 392 g/mol. The van der Waals surface area contributed by atoms with Crippen LogP contribution in [-0.4, -0.2) is 23.6 Å². The summed E-state index contributed by atoms with van der Waals surface area (Å²) in [6, 6.07) is 9.11. The molecule has 1 fully saturated rings. The van der Waals surface area contributed by atoms with E-state index < -0.39 is 12.2 Å². The summed E-state index contributed by atoms with van der Waals surface area (Å²) in [6.07, 6.45) is 1.46. The van der Waals surface area contributed by atoms with Gasteiger partial charge < -0.3 is 0 Å². The van der Waals surface area contributed by atoms with Crippen LogP contribution in [0.15, 0.2) is 36.4 Å². The molecule has 152 valence electrons. The molecule has 3 nitrogen and oxygen atoms in total. The average Bonchev–Trinajstić information content (AvgIpc) is 3.07. The van der Waals surface area contributed by atoms with Crippen LogP contribution in [0.3, 0.4) is 0 Å². The predicted octanol–water partition coefficient (Wildman–Crippen LogP) is 5.69. The number of benzene rings is 2. The Morgan fingerprint density at radius 1 is 1.07 bits per heavy atom. The Labute approximate surface area is 163 Å². The summed E-state index contributed by atoms with van der Waals surface area (Å²) in [6.45, 7) is 2.20. The van der Waals surface area contributed by atoms with Crippen LogP contribution in [0.4, 0.5) is 13.2 Å². The van der Waals surface area contributed by atoms with Crippen LogP contribution < -0.4 is 5.43 Å². The number of carbonyl (C=O) groups excluding carboxylic acids is 1. The van der Waals surface area contributed by atoms with Gasteiger partial charge in [0.05, 0.1) is 0 Å². The van der Waals surface area contributed by atoms with Crippen LogP contribution in [0.2, 0.25) is 0 Å². The third kappa shape index (κ3) is 4.66. The maximum Gasteiger partial charge on any atom is 0.409 e. The number of rotatable bonds is 8. The van der Waals surface area contributed by atoms with Gasteiger partial charge in [-0.15, -0.1) is 0 Å². The van der Waals surface area contributed by atoms with Crippen molar-refractivity contribution in [2.75, 3.05) is 6.54 Å². The molecule has 1 N–H and O–H groups in total. The van der Waals surface area contributed by atoms with Crippen LogP contribution in [0, 0.1) is 0 Å². The summed E-state index contributed by atoms with van der Waals surface area (Å²) in [5, 5.41) is 2.86. The standard InChI is InChI=1S/C22H27F3N2O/c1-2-3-4-5-6-11-18-17-10-8-7-9-16(17)12-13-19(18)21(22(23,24)25)27-15-14-20(28)26-27/h7-10,12-13,21H,2-6,11,14-15H2,1H3,(H,26,28). The maximum atomic E-state index is 14.1. The Balaban J connectivity index is 1.99. The van der Waals surface area contributed by atoms with Gasteiger partial charge in [-0.1, -0.05) is 69.0 Å². The van der Waals surface area contributed by atoms with E-state index in [0.717, 1.165) is 53.4 Å². The topological polar surface area (TPSA) is 32.3 Å². The molecule has 0 aromatic heterocycles. The molecule has 1 atom stereocenters. The summed E-state index contributed by atoms with van der Waals surface area (Å²) < 4.78 is 42.2. The van der Waals surface area contributed by atoms with Gasteiger partial charge in [0, 0.05) is 13.0 Å². The summed E-state index contributed by atoms with van der Waals surface area (Å²) in [5.74, 6) is -0.365. The molecular formula is C22H27F3N2O. The second kappa shape index (κ2) is 8.95. The van der Waals surface area contributed by atoms with Crippen molar-refractivity contribution in [2.24, 2.45) is 0 Å². The van der Waals surface area contributed by atoms with Gasteiger partial charge in [-0.25, -0.2) is 5.01 Å². The lowest BCUT2D eigenvalue weighted by Gasteiger charge is -2.31. The number of halogens is 3. The quantitative estimate of drug-likeness (QED) is 0.585. The largest absolute Gasteiger partial charge is 0.409 e. The summed E-state index contributed by atoms with van der Waals surface area (Å²) in [7, 11) is 0. The highest BCUT2D eigenvalue weighted by molar-refractivity contribution is 5.87. The second-order valence-corrected chi connectivity index (χ2v) is 7.44. The van der Waals surface area contributed by atoms with E-state index >= 15 is 0 Å². The van der Waals surface area contributed by atoms with Crippen molar-refractivity contribution in [3.8, 4) is 0 Å². The van der Waals surface area contributed by atoms with Crippen molar-refractivity contribution in [3.05, 3.63) is 47.5 Å². The van der Waals surface area contributed by atoms with E-state index in [1.807, 2.05) is 24.3 Å². The number of nitrogens with one attached hydrogen (secondary N) is 1. The van der Waals surface area contributed by atoms with Gasteiger partial charge in [0.15, 0.2) is 0 Å². The minimum atomic E-state index is -4.48. The lowest BCUT2D eigenvalue weighted by Crippen LogP contribution is -2.44. The molecule has 1 saturated heterocycles. The predicted molar refractivity (Wildman–Crippen MR) is 105 cm³/mol. The van der Waals surface area contributed by atoms with Gasteiger partial charge in [0.2, 0.25) is 5.91 Å². The van der Waals surface area contributed by atoms with E-state index in [9.17, 15) is 18.0 Å². The fourth-order valence-electron chi connectivity index (χ4n) is 4.00. The molecule has 1 heterocycles. The van der Waals surface area contributed by atoms with Crippen molar-refractivity contribution >= 4 is 16.7 Å². The van der Waals surface area contributed by atoms with Gasteiger partial charge in [0.1, 0.15) is 6.04 Å². The van der Waals surface area contributed by atoms with E-state index in [1.165, 1.54) is 0 Å². The molecule has 3 rings (SSSR count). The Hall–Kier alpha value is -2.08. The fourth-order valence-corrected chi connectivity index (χ4v) is 4.00. The highest BCUT2D eigenvalue weighted by Crippen LogP contribution is 2.41.